The molecule has 0 radical (unpaired) electrons. The summed E-state index contributed by atoms with van der Waals surface area (Å²) in [6.07, 6.45) is 0. The van der Waals surface area contributed by atoms with E-state index >= 15 is 0 Å². The summed E-state index contributed by atoms with van der Waals surface area (Å²) in [6, 6.07) is 7.13. The van der Waals surface area contributed by atoms with Gasteiger partial charge in [0.25, 0.3) is 11.8 Å². The van der Waals surface area contributed by atoms with Crippen LogP contribution in [0.3, 0.4) is 0 Å². The number of β-lactam (4-membered cyclic amide) rings is 1. The molecule has 12 heteroatoms. The van der Waals surface area contributed by atoms with Gasteiger partial charge in [-0.2, -0.15) is 8.42 Å². The standard InChI is InChI=1S/C16H20N4O7S/c1-10(12-7-5-4-6-8-12)18-27-9-13(19-26-3)15(21)17-14-11(2)20(16(14)22)28(23,24)25/h4-8,11,14H,9H2,1-3H3,(H,17,21)(H,23,24,25)/b18-10+,19-13-/t11-,14-/m0/s1. The van der Waals surface area contributed by atoms with Gasteiger partial charge in [-0.3, -0.25) is 14.1 Å². The number of benzene rings is 1. The van der Waals surface area contributed by atoms with Gasteiger partial charge in [-0.15, -0.1) is 0 Å². The summed E-state index contributed by atoms with van der Waals surface area (Å²) in [5.41, 5.74) is 1.19. The zero-order valence-electron chi connectivity index (χ0n) is 15.4. The molecule has 0 spiro atoms. The van der Waals surface area contributed by atoms with Crippen LogP contribution in [0.25, 0.3) is 0 Å². The summed E-state index contributed by atoms with van der Waals surface area (Å²) in [5, 5.41) is 9.77. The van der Waals surface area contributed by atoms with Gasteiger partial charge in [-0.1, -0.05) is 40.6 Å². The van der Waals surface area contributed by atoms with Crippen LogP contribution >= 0.6 is 0 Å². The predicted molar refractivity (Wildman–Crippen MR) is 98.8 cm³/mol. The fourth-order valence-corrected chi connectivity index (χ4v) is 3.38. The van der Waals surface area contributed by atoms with E-state index in [1.807, 2.05) is 30.3 Å². The van der Waals surface area contributed by atoms with E-state index in [0.717, 1.165) is 5.56 Å². The lowest BCUT2D eigenvalue weighted by molar-refractivity contribution is -0.144. The molecular weight excluding hydrogens is 392 g/mol. The van der Waals surface area contributed by atoms with E-state index in [0.29, 0.717) is 5.71 Å². The molecule has 1 aliphatic heterocycles. The van der Waals surface area contributed by atoms with Crippen molar-refractivity contribution in [3.05, 3.63) is 35.9 Å². The number of amides is 2. The third kappa shape index (κ3) is 4.84. The first kappa shape index (κ1) is 21.3. The maximum Gasteiger partial charge on any atom is 0.362 e. The first-order valence-electron chi connectivity index (χ1n) is 8.10. The molecule has 1 fully saturated rings. The number of rotatable bonds is 8. The van der Waals surface area contributed by atoms with Crippen molar-refractivity contribution >= 4 is 33.5 Å². The Morgan fingerprint density at radius 3 is 2.46 bits per heavy atom. The monoisotopic (exact) mass is 412 g/mol. The molecule has 28 heavy (non-hydrogen) atoms. The van der Waals surface area contributed by atoms with Crippen molar-refractivity contribution in [3.63, 3.8) is 0 Å². The summed E-state index contributed by atoms with van der Waals surface area (Å²) >= 11 is 0. The lowest BCUT2D eigenvalue weighted by Crippen LogP contribution is -2.71. The number of oxime groups is 2. The molecule has 0 saturated carbocycles. The van der Waals surface area contributed by atoms with E-state index in [1.54, 1.807) is 6.92 Å². The van der Waals surface area contributed by atoms with Crippen molar-refractivity contribution in [3.8, 4) is 0 Å². The fourth-order valence-electron chi connectivity index (χ4n) is 2.49. The average Bonchev–Trinajstić information content (AvgIpc) is 2.64. The molecule has 2 amide bonds. The van der Waals surface area contributed by atoms with Gasteiger partial charge in [0.1, 0.15) is 13.2 Å². The molecule has 1 aliphatic rings. The number of nitrogens with one attached hydrogen (secondary N) is 1. The highest BCUT2D eigenvalue weighted by Gasteiger charge is 2.51. The van der Waals surface area contributed by atoms with Gasteiger partial charge in [-0.25, -0.2) is 4.31 Å². The van der Waals surface area contributed by atoms with Gasteiger partial charge in [0, 0.05) is 0 Å². The maximum atomic E-state index is 12.3. The highest BCUT2D eigenvalue weighted by Crippen LogP contribution is 2.22. The van der Waals surface area contributed by atoms with E-state index in [2.05, 4.69) is 20.5 Å². The van der Waals surface area contributed by atoms with Crippen molar-refractivity contribution in [1.82, 2.24) is 9.62 Å². The second-order valence-electron chi connectivity index (χ2n) is 5.84. The van der Waals surface area contributed by atoms with E-state index < -0.39 is 34.2 Å². The molecule has 1 saturated heterocycles. The van der Waals surface area contributed by atoms with Gasteiger partial charge >= 0.3 is 10.3 Å². The highest BCUT2D eigenvalue weighted by atomic mass is 32.2. The molecule has 152 valence electrons. The van der Waals surface area contributed by atoms with E-state index in [-0.39, 0.29) is 16.6 Å². The van der Waals surface area contributed by atoms with Crippen molar-refractivity contribution in [1.29, 1.82) is 0 Å². The van der Waals surface area contributed by atoms with Crippen LogP contribution in [0.4, 0.5) is 0 Å². The van der Waals surface area contributed by atoms with Crippen LogP contribution in [0.15, 0.2) is 40.6 Å². The lowest BCUT2D eigenvalue weighted by atomic mass is 10.0. The Kier molecular flexibility index (Phi) is 6.70. The second-order valence-corrected chi connectivity index (χ2v) is 7.13. The summed E-state index contributed by atoms with van der Waals surface area (Å²) in [7, 11) is -3.45. The van der Waals surface area contributed by atoms with Crippen LogP contribution in [0.2, 0.25) is 0 Å². The van der Waals surface area contributed by atoms with Gasteiger partial charge < -0.3 is 15.0 Å². The summed E-state index contributed by atoms with van der Waals surface area (Å²) in [6.45, 7) is 2.74. The van der Waals surface area contributed by atoms with Crippen LogP contribution in [0, 0.1) is 0 Å². The quantitative estimate of drug-likeness (QED) is 0.263. The smallest absolute Gasteiger partial charge is 0.362 e. The van der Waals surface area contributed by atoms with Crippen molar-refractivity contribution < 1.29 is 32.2 Å². The zero-order valence-corrected chi connectivity index (χ0v) is 16.2. The summed E-state index contributed by atoms with van der Waals surface area (Å²) < 4.78 is 31.4. The van der Waals surface area contributed by atoms with Crippen molar-refractivity contribution in [2.24, 2.45) is 10.3 Å². The molecular formula is C16H20N4O7S. The molecule has 0 bridgehead atoms. The molecule has 11 nitrogen and oxygen atoms in total. The summed E-state index contributed by atoms with van der Waals surface area (Å²) in [4.78, 5) is 33.9. The van der Waals surface area contributed by atoms with Gasteiger partial charge in [0.05, 0.1) is 11.8 Å². The Morgan fingerprint density at radius 2 is 1.93 bits per heavy atom. The van der Waals surface area contributed by atoms with E-state index in [4.69, 9.17) is 9.39 Å². The molecule has 1 aromatic carbocycles. The van der Waals surface area contributed by atoms with Crippen LogP contribution in [0.1, 0.15) is 19.4 Å². The minimum Gasteiger partial charge on any atom is -0.399 e. The number of nitrogens with zero attached hydrogens (tertiary/aromatic N) is 3. The molecule has 1 aromatic rings. The number of carbonyl (C=O) groups excluding carboxylic acids is 2. The van der Waals surface area contributed by atoms with Crippen molar-refractivity contribution in [2.45, 2.75) is 25.9 Å². The topological polar surface area (TPSA) is 147 Å². The minimum absolute atomic E-state index is 0.211. The number of hydrogen-bond acceptors (Lipinski definition) is 8. The SMILES string of the molecule is CO/N=C(/CO/N=C(\C)c1ccccc1)C(=O)N[C@@H]1C(=O)N(S(=O)(=O)O)[C@H]1C. The Balaban J connectivity index is 1.98. The predicted octanol–water partition coefficient (Wildman–Crippen LogP) is -0.0521. The van der Waals surface area contributed by atoms with Crippen LogP contribution in [-0.4, -0.2) is 66.3 Å². The average molecular weight is 412 g/mol. The van der Waals surface area contributed by atoms with Crippen LogP contribution in [0.5, 0.6) is 0 Å². The van der Waals surface area contributed by atoms with Gasteiger partial charge in [0.15, 0.2) is 12.3 Å². The van der Waals surface area contributed by atoms with Crippen molar-refractivity contribution in [2.75, 3.05) is 13.7 Å². The molecule has 1 heterocycles. The van der Waals surface area contributed by atoms with Gasteiger partial charge in [-0.05, 0) is 19.4 Å². The lowest BCUT2D eigenvalue weighted by Gasteiger charge is -2.42. The first-order valence-corrected chi connectivity index (χ1v) is 9.50. The Morgan fingerprint density at radius 1 is 1.29 bits per heavy atom. The maximum absolute atomic E-state index is 12.3. The number of carbonyl (C=O) groups is 2. The minimum atomic E-state index is -4.68. The number of hydrogen-bond donors (Lipinski definition) is 2. The molecule has 2 atom stereocenters. The Bertz CT molecular complexity index is 899. The first-order chi connectivity index (χ1) is 13.2. The van der Waals surface area contributed by atoms with Gasteiger partial charge in [0.2, 0.25) is 0 Å². The third-order valence-corrected chi connectivity index (χ3v) is 4.94. The molecule has 0 unspecified atom stereocenters. The van der Waals surface area contributed by atoms with Crippen LogP contribution < -0.4 is 5.32 Å². The van der Waals surface area contributed by atoms with Crippen LogP contribution in [-0.2, 0) is 29.6 Å². The molecule has 0 aliphatic carbocycles. The Hall–Kier alpha value is -2.99. The van der Waals surface area contributed by atoms with E-state index in [9.17, 15) is 18.0 Å². The normalized spacial score (nSPS) is 20.4. The molecule has 2 N–H and O–H groups in total. The highest BCUT2D eigenvalue weighted by molar-refractivity contribution is 7.84. The summed E-state index contributed by atoms with van der Waals surface area (Å²) in [5.74, 6) is -1.76. The largest absolute Gasteiger partial charge is 0.399 e. The fraction of sp³-hybridized carbons (Fsp3) is 0.375. The molecule has 2 rings (SSSR count). The third-order valence-electron chi connectivity index (χ3n) is 3.93. The Labute approximate surface area is 161 Å². The van der Waals surface area contributed by atoms with E-state index in [1.165, 1.54) is 14.0 Å². The second kappa shape index (κ2) is 8.80. The molecule has 0 aromatic heterocycles. The zero-order chi connectivity index (χ0) is 20.9.